The average Bonchev–Trinajstić information content (AvgIpc) is 2.25. The Kier molecular flexibility index (Phi) is 4.63. The molecule has 0 saturated carbocycles. The quantitative estimate of drug-likeness (QED) is 0.745. The molecule has 5 heteroatoms. The van der Waals surface area contributed by atoms with Gasteiger partial charge in [0.05, 0.1) is 11.8 Å². The SMILES string of the molecule is CC(=O)OC(C(=O)OC(C)C)c1ccccn1. The maximum atomic E-state index is 11.8. The Bertz CT molecular complexity index is 389. The lowest BCUT2D eigenvalue weighted by Gasteiger charge is -2.16. The number of aromatic nitrogens is 1. The van der Waals surface area contributed by atoms with Crippen LogP contribution in [0.4, 0.5) is 0 Å². The molecular formula is C12H15NO4. The molecule has 0 spiro atoms. The first-order valence-electron chi connectivity index (χ1n) is 5.29. The summed E-state index contributed by atoms with van der Waals surface area (Å²) in [6.07, 6.45) is 0.148. The van der Waals surface area contributed by atoms with E-state index in [1.165, 1.54) is 13.1 Å². The van der Waals surface area contributed by atoms with E-state index in [0.29, 0.717) is 5.69 Å². The predicted octanol–water partition coefficient (Wildman–Crippen LogP) is 1.64. The van der Waals surface area contributed by atoms with Crippen molar-refractivity contribution in [2.24, 2.45) is 0 Å². The minimum atomic E-state index is -1.10. The third kappa shape index (κ3) is 4.22. The summed E-state index contributed by atoms with van der Waals surface area (Å²) in [6, 6.07) is 5.03. The summed E-state index contributed by atoms with van der Waals surface area (Å²) in [5, 5.41) is 0. The van der Waals surface area contributed by atoms with E-state index in [4.69, 9.17) is 9.47 Å². The second-order valence-electron chi connectivity index (χ2n) is 3.73. The molecule has 0 bridgehead atoms. The number of ether oxygens (including phenoxy) is 2. The average molecular weight is 237 g/mol. The van der Waals surface area contributed by atoms with Crippen molar-refractivity contribution >= 4 is 11.9 Å². The molecule has 0 radical (unpaired) electrons. The van der Waals surface area contributed by atoms with E-state index < -0.39 is 18.0 Å². The number of nitrogens with zero attached hydrogens (tertiary/aromatic N) is 1. The molecule has 0 amide bonds. The van der Waals surface area contributed by atoms with Crippen molar-refractivity contribution in [2.45, 2.75) is 33.0 Å². The van der Waals surface area contributed by atoms with Crippen molar-refractivity contribution in [3.63, 3.8) is 0 Å². The van der Waals surface area contributed by atoms with Crippen molar-refractivity contribution in [3.8, 4) is 0 Å². The Morgan fingerprint density at radius 1 is 1.24 bits per heavy atom. The Morgan fingerprint density at radius 2 is 1.94 bits per heavy atom. The first-order chi connectivity index (χ1) is 8.00. The minimum Gasteiger partial charge on any atom is -0.460 e. The van der Waals surface area contributed by atoms with Crippen LogP contribution in [0.25, 0.3) is 0 Å². The molecule has 1 heterocycles. The minimum absolute atomic E-state index is 0.274. The second kappa shape index (κ2) is 5.98. The summed E-state index contributed by atoms with van der Waals surface area (Å²) in [4.78, 5) is 26.7. The molecule has 0 saturated heterocycles. The Balaban J connectivity index is 2.88. The third-order valence-corrected chi connectivity index (χ3v) is 1.81. The summed E-state index contributed by atoms with van der Waals surface area (Å²) in [6.45, 7) is 4.68. The van der Waals surface area contributed by atoms with Gasteiger partial charge < -0.3 is 9.47 Å². The van der Waals surface area contributed by atoms with E-state index in [9.17, 15) is 9.59 Å². The molecule has 0 aromatic carbocycles. The fraction of sp³-hybridized carbons (Fsp3) is 0.417. The molecule has 1 aromatic rings. The Hall–Kier alpha value is -1.91. The first kappa shape index (κ1) is 13.2. The highest BCUT2D eigenvalue weighted by atomic mass is 16.6. The molecule has 0 N–H and O–H groups in total. The van der Waals surface area contributed by atoms with Gasteiger partial charge in [0.15, 0.2) is 0 Å². The number of carbonyl (C=O) groups excluding carboxylic acids is 2. The molecule has 0 fully saturated rings. The summed E-state index contributed by atoms with van der Waals surface area (Å²) in [7, 11) is 0. The summed E-state index contributed by atoms with van der Waals surface area (Å²) in [5.74, 6) is -1.17. The highest BCUT2D eigenvalue weighted by Gasteiger charge is 2.27. The van der Waals surface area contributed by atoms with Crippen LogP contribution in [0.2, 0.25) is 0 Å². The van der Waals surface area contributed by atoms with Crippen LogP contribution >= 0.6 is 0 Å². The van der Waals surface area contributed by atoms with E-state index in [1.807, 2.05) is 0 Å². The maximum absolute atomic E-state index is 11.8. The number of esters is 2. The van der Waals surface area contributed by atoms with Crippen molar-refractivity contribution in [1.82, 2.24) is 4.98 Å². The number of pyridine rings is 1. The van der Waals surface area contributed by atoms with Crippen LogP contribution in [0.3, 0.4) is 0 Å². The monoisotopic (exact) mass is 237 g/mol. The van der Waals surface area contributed by atoms with E-state index in [0.717, 1.165) is 0 Å². The zero-order valence-electron chi connectivity index (χ0n) is 10.0. The lowest BCUT2D eigenvalue weighted by Crippen LogP contribution is -2.24. The summed E-state index contributed by atoms with van der Waals surface area (Å²) < 4.78 is 9.93. The number of hydrogen-bond acceptors (Lipinski definition) is 5. The molecule has 1 atom stereocenters. The van der Waals surface area contributed by atoms with Crippen molar-refractivity contribution in [1.29, 1.82) is 0 Å². The number of hydrogen-bond donors (Lipinski definition) is 0. The molecular weight excluding hydrogens is 222 g/mol. The van der Waals surface area contributed by atoms with E-state index in [-0.39, 0.29) is 6.10 Å². The third-order valence-electron chi connectivity index (χ3n) is 1.81. The Labute approximate surface area is 99.8 Å². The highest BCUT2D eigenvalue weighted by molar-refractivity contribution is 5.79. The summed E-state index contributed by atoms with van der Waals surface area (Å²) in [5.41, 5.74) is 0.355. The standard InChI is InChI=1S/C12H15NO4/c1-8(2)16-12(15)11(17-9(3)14)10-6-4-5-7-13-10/h4-8,11H,1-3H3. The van der Waals surface area contributed by atoms with Crippen LogP contribution in [0.15, 0.2) is 24.4 Å². The van der Waals surface area contributed by atoms with Gasteiger partial charge in [0.2, 0.25) is 6.10 Å². The van der Waals surface area contributed by atoms with Crippen LogP contribution in [0.1, 0.15) is 32.6 Å². The van der Waals surface area contributed by atoms with Gasteiger partial charge in [-0.3, -0.25) is 9.78 Å². The maximum Gasteiger partial charge on any atom is 0.354 e. The molecule has 1 rings (SSSR count). The number of rotatable bonds is 4. The van der Waals surface area contributed by atoms with Crippen molar-refractivity contribution in [2.75, 3.05) is 0 Å². The van der Waals surface area contributed by atoms with Gasteiger partial charge in [0.25, 0.3) is 0 Å². The molecule has 1 aromatic heterocycles. The van der Waals surface area contributed by atoms with E-state index in [1.54, 1.807) is 32.0 Å². The van der Waals surface area contributed by atoms with Crippen molar-refractivity contribution in [3.05, 3.63) is 30.1 Å². The molecule has 0 aliphatic rings. The van der Waals surface area contributed by atoms with Gasteiger partial charge in [-0.25, -0.2) is 4.79 Å². The lowest BCUT2D eigenvalue weighted by molar-refractivity contribution is -0.170. The highest BCUT2D eigenvalue weighted by Crippen LogP contribution is 2.17. The fourth-order valence-electron chi connectivity index (χ4n) is 1.22. The van der Waals surface area contributed by atoms with Gasteiger partial charge >= 0.3 is 11.9 Å². The lowest BCUT2D eigenvalue weighted by atomic mass is 10.2. The van der Waals surface area contributed by atoms with Gasteiger partial charge in [0, 0.05) is 13.1 Å². The Morgan fingerprint density at radius 3 is 2.41 bits per heavy atom. The van der Waals surface area contributed by atoms with Crippen molar-refractivity contribution < 1.29 is 19.1 Å². The predicted molar refractivity (Wildman–Crippen MR) is 60.0 cm³/mol. The van der Waals surface area contributed by atoms with Gasteiger partial charge in [-0.05, 0) is 26.0 Å². The molecule has 1 unspecified atom stereocenters. The molecule has 0 aliphatic carbocycles. The van der Waals surface area contributed by atoms with Crippen LogP contribution < -0.4 is 0 Å². The molecule has 0 aliphatic heterocycles. The van der Waals surface area contributed by atoms with Crippen LogP contribution in [-0.2, 0) is 19.1 Å². The topological polar surface area (TPSA) is 65.5 Å². The smallest absolute Gasteiger partial charge is 0.354 e. The second-order valence-corrected chi connectivity index (χ2v) is 3.73. The van der Waals surface area contributed by atoms with Gasteiger partial charge in [-0.2, -0.15) is 0 Å². The van der Waals surface area contributed by atoms with Gasteiger partial charge in [-0.15, -0.1) is 0 Å². The molecule has 92 valence electrons. The largest absolute Gasteiger partial charge is 0.460 e. The summed E-state index contributed by atoms with van der Waals surface area (Å²) >= 11 is 0. The zero-order chi connectivity index (χ0) is 12.8. The normalized spacial score (nSPS) is 12.0. The fourth-order valence-corrected chi connectivity index (χ4v) is 1.22. The van der Waals surface area contributed by atoms with Crippen LogP contribution in [0.5, 0.6) is 0 Å². The van der Waals surface area contributed by atoms with E-state index in [2.05, 4.69) is 4.98 Å². The molecule has 5 nitrogen and oxygen atoms in total. The van der Waals surface area contributed by atoms with Crippen LogP contribution in [0, 0.1) is 0 Å². The number of carbonyl (C=O) groups is 2. The van der Waals surface area contributed by atoms with Gasteiger partial charge in [-0.1, -0.05) is 6.07 Å². The van der Waals surface area contributed by atoms with Crippen LogP contribution in [-0.4, -0.2) is 23.0 Å². The molecule has 17 heavy (non-hydrogen) atoms. The zero-order valence-corrected chi connectivity index (χ0v) is 10.0. The van der Waals surface area contributed by atoms with Gasteiger partial charge in [0.1, 0.15) is 0 Å². The van der Waals surface area contributed by atoms with E-state index >= 15 is 0 Å². The first-order valence-corrected chi connectivity index (χ1v) is 5.29.